The monoisotopic (exact) mass is 477 g/mol. The lowest BCUT2D eigenvalue weighted by molar-refractivity contribution is 0.0944. The van der Waals surface area contributed by atoms with E-state index < -0.39 is 0 Å². The van der Waals surface area contributed by atoms with Crippen molar-refractivity contribution in [2.75, 3.05) is 26.2 Å². The Bertz CT molecular complexity index is 1230. The maximum atomic E-state index is 12.9. The molecule has 0 spiro atoms. The zero-order valence-electron chi connectivity index (χ0n) is 18.1. The lowest BCUT2D eigenvalue weighted by Gasteiger charge is -2.14. The molecule has 0 saturated carbocycles. The number of amides is 1. The molecule has 0 bridgehead atoms. The van der Waals surface area contributed by atoms with Crippen molar-refractivity contribution in [1.82, 2.24) is 25.0 Å². The van der Waals surface area contributed by atoms with Gasteiger partial charge in [-0.2, -0.15) is 5.10 Å². The first kappa shape index (κ1) is 21.8. The Morgan fingerprint density at radius 1 is 1.03 bits per heavy atom. The molecular weight excluding hydrogens is 454 g/mol. The Morgan fingerprint density at radius 2 is 1.79 bits per heavy atom. The highest BCUT2D eigenvalue weighted by Crippen LogP contribution is 2.29. The van der Waals surface area contributed by atoms with Crippen LogP contribution >= 0.6 is 22.9 Å². The van der Waals surface area contributed by atoms with E-state index in [0.717, 1.165) is 42.1 Å². The van der Waals surface area contributed by atoms with E-state index in [1.807, 2.05) is 66.0 Å². The highest BCUT2D eigenvalue weighted by atomic mass is 35.5. The van der Waals surface area contributed by atoms with E-state index in [-0.39, 0.29) is 5.91 Å². The molecule has 0 unspecified atom stereocenters. The first-order valence-electron chi connectivity index (χ1n) is 11.1. The standard InChI is InChI=1S/C25H24ClN5OS/c26-20-10-8-18(9-11-20)22-17-33-25(28-22)31-23(19-6-2-1-3-7-19)16-21(29-31)24(32)27-12-15-30-13-4-5-14-30/h1-3,6-11,16-17H,4-5,12-15H2,(H,27,32). The lowest BCUT2D eigenvalue weighted by Crippen LogP contribution is -2.33. The summed E-state index contributed by atoms with van der Waals surface area (Å²) in [6.45, 7) is 3.71. The molecule has 0 atom stereocenters. The summed E-state index contributed by atoms with van der Waals surface area (Å²) in [6, 6.07) is 19.4. The number of carbonyl (C=O) groups excluding carboxylic acids is 1. The highest BCUT2D eigenvalue weighted by molar-refractivity contribution is 7.12. The van der Waals surface area contributed by atoms with Gasteiger partial charge in [-0.25, -0.2) is 9.67 Å². The Kier molecular flexibility index (Phi) is 6.53. The summed E-state index contributed by atoms with van der Waals surface area (Å²) in [5.41, 5.74) is 4.02. The third-order valence-corrected chi connectivity index (χ3v) is 6.81. The predicted molar refractivity (Wildman–Crippen MR) is 133 cm³/mol. The van der Waals surface area contributed by atoms with E-state index in [1.54, 1.807) is 4.68 Å². The number of halogens is 1. The van der Waals surface area contributed by atoms with Crippen molar-refractivity contribution < 1.29 is 4.79 Å². The van der Waals surface area contributed by atoms with Gasteiger partial charge in [-0.3, -0.25) is 4.79 Å². The number of hydrogen-bond acceptors (Lipinski definition) is 5. The number of carbonyl (C=O) groups is 1. The molecule has 0 radical (unpaired) electrons. The zero-order valence-corrected chi connectivity index (χ0v) is 19.6. The van der Waals surface area contributed by atoms with Gasteiger partial charge in [0.1, 0.15) is 0 Å². The quantitative estimate of drug-likeness (QED) is 0.400. The van der Waals surface area contributed by atoms with Gasteiger partial charge in [0.15, 0.2) is 5.69 Å². The molecule has 8 heteroatoms. The van der Waals surface area contributed by atoms with E-state index in [1.165, 1.54) is 24.2 Å². The number of hydrogen-bond donors (Lipinski definition) is 1. The molecule has 3 heterocycles. The van der Waals surface area contributed by atoms with Gasteiger partial charge in [0.25, 0.3) is 5.91 Å². The van der Waals surface area contributed by atoms with Crippen LogP contribution in [-0.4, -0.2) is 51.8 Å². The summed E-state index contributed by atoms with van der Waals surface area (Å²) in [4.78, 5) is 20.0. The molecule has 1 amide bonds. The van der Waals surface area contributed by atoms with Gasteiger partial charge in [0.05, 0.1) is 11.4 Å². The average molecular weight is 478 g/mol. The molecule has 2 aromatic heterocycles. The van der Waals surface area contributed by atoms with Crippen LogP contribution in [0.5, 0.6) is 0 Å². The highest BCUT2D eigenvalue weighted by Gasteiger charge is 2.19. The van der Waals surface area contributed by atoms with E-state index in [9.17, 15) is 4.79 Å². The van der Waals surface area contributed by atoms with Gasteiger partial charge in [0.2, 0.25) is 5.13 Å². The average Bonchev–Trinajstić information content (AvgIpc) is 3.60. The third-order valence-electron chi connectivity index (χ3n) is 5.74. The molecule has 33 heavy (non-hydrogen) atoms. The van der Waals surface area contributed by atoms with Crippen LogP contribution in [-0.2, 0) is 0 Å². The number of aromatic nitrogens is 3. The first-order valence-corrected chi connectivity index (χ1v) is 12.3. The molecule has 0 aliphatic carbocycles. The van der Waals surface area contributed by atoms with Crippen molar-refractivity contribution in [2.45, 2.75) is 12.8 Å². The zero-order chi connectivity index (χ0) is 22.6. The molecule has 2 aromatic carbocycles. The minimum absolute atomic E-state index is 0.167. The number of rotatable bonds is 7. The number of likely N-dealkylation sites (tertiary alicyclic amines) is 1. The number of nitrogens with one attached hydrogen (secondary N) is 1. The van der Waals surface area contributed by atoms with E-state index in [0.29, 0.717) is 22.4 Å². The van der Waals surface area contributed by atoms with Gasteiger partial charge >= 0.3 is 0 Å². The minimum atomic E-state index is -0.167. The second-order valence-electron chi connectivity index (χ2n) is 8.02. The number of benzene rings is 2. The molecule has 1 aliphatic heterocycles. The van der Waals surface area contributed by atoms with Crippen molar-refractivity contribution in [3.05, 3.63) is 76.8 Å². The van der Waals surface area contributed by atoms with Crippen LogP contribution in [0.15, 0.2) is 66.0 Å². The van der Waals surface area contributed by atoms with Gasteiger partial charge in [-0.05, 0) is 44.1 Å². The number of nitrogens with zero attached hydrogens (tertiary/aromatic N) is 4. The summed E-state index contributed by atoms with van der Waals surface area (Å²) in [5.74, 6) is -0.167. The normalized spacial score (nSPS) is 14.0. The molecule has 1 aliphatic rings. The number of thiazole rings is 1. The van der Waals surface area contributed by atoms with Crippen molar-refractivity contribution >= 4 is 28.8 Å². The van der Waals surface area contributed by atoms with Crippen molar-refractivity contribution in [2.24, 2.45) is 0 Å². The fourth-order valence-corrected chi connectivity index (χ4v) is 4.91. The van der Waals surface area contributed by atoms with Crippen LogP contribution < -0.4 is 5.32 Å². The van der Waals surface area contributed by atoms with Gasteiger partial charge in [-0.1, -0.05) is 54.1 Å². The van der Waals surface area contributed by atoms with Crippen LogP contribution in [0.1, 0.15) is 23.3 Å². The van der Waals surface area contributed by atoms with Crippen molar-refractivity contribution in [3.8, 4) is 27.6 Å². The fourth-order valence-electron chi connectivity index (χ4n) is 3.99. The minimum Gasteiger partial charge on any atom is -0.349 e. The lowest BCUT2D eigenvalue weighted by atomic mass is 10.1. The van der Waals surface area contributed by atoms with Crippen LogP contribution in [0.3, 0.4) is 0 Å². The molecule has 4 aromatic rings. The second kappa shape index (κ2) is 9.87. The van der Waals surface area contributed by atoms with Crippen molar-refractivity contribution in [3.63, 3.8) is 0 Å². The van der Waals surface area contributed by atoms with Gasteiger partial charge < -0.3 is 10.2 Å². The van der Waals surface area contributed by atoms with Crippen LogP contribution in [0.25, 0.3) is 27.6 Å². The Balaban J connectivity index is 1.42. The topological polar surface area (TPSA) is 63.1 Å². The molecule has 1 fully saturated rings. The van der Waals surface area contributed by atoms with Gasteiger partial charge in [-0.15, -0.1) is 11.3 Å². The SMILES string of the molecule is O=C(NCCN1CCCC1)c1cc(-c2ccccc2)n(-c2nc(-c3ccc(Cl)cc3)cs2)n1. The van der Waals surface area contributed by atoms with E-state index in [2.05, 4.69) is 15.3 Å². The van der Waals surface area contributed by atoms with Crippen LogP contribution in [0.4, 0.5) is 0 Å². The summed E-state index contributed by atoms with van der Waals surface area (Å²) >= 11 is 7.51. The Labute approximate surface area is 201 Å². The second-order valence-corrected chi connectivity index (χ2v) is 9.29. The maximum Gasteiger partial charge on any atom is 0.271 e. The van der Waals surface area contributed by atoms with E-state index >= 15 is 0 Å². The summed E-state index contributed by atoms with van der Waals surface area (Å²) in [5, 5.41) is 11.0. The van der Waals surface area contributed by atoms with E-state index in [4.69, 9.17) is 16.6 Å². The van der Waals surface area contributed by atoms with Gasteiger partial charge in [0, 0.05) is 34.6 Å². The van der Waals surface area contributed by atoms with Crippen LogP contribution in [0, 0.1) is 0 Å². The molecule has 168 valence electrons. The maximum absolute atomic E-state index is 12.9. The summed E-state index contributed by atoms with van der Waals surface area (Å²) in [6.07, 6.45) is 2.48. The van der Waals surface area contributed by atoms with Crippen molar-refractivity contribution in [1.29, 1.82) is 0 Å². The predicted octanol–water partition coefficient (Wildman–Crippen LogP) is 5.14. The Morgan fingerprint density at radius 3 is 2.55 bits per heavy atom. The molecule has 5 rings (SSSR count). The largest absolute Gasteiger partial charge is 0.349 e. The first-order chi connectivity index (χ1) is 16.2. The Hall–Kier alpha value is -3.00. The summed E-state index contributed by atoms with van der Waals surface area (Å²) < 4.78 is 1.76. The van der Waals surface area contributed by atoms with Crippen LogP contribution in [0.2, 0.25) is 5.02 Å². The molecule has 1 saturated heterocycles. The smallest absolute Gasteiger partial charge is 0.271 e. The third kappa shape index (κ3) is 5.00. The fraction of sp³-hybridized carbons (Fsp3) is 0.240. The molecule has 6 nitrogen and oxygen atoms in total. The molecule has 1 N–H and O–H groups in total. The summed E-state index contributed by atoms with van der Waals surface area (Å²) in [7, 11) is 0. The molecular formula is C25H24ClN5OS.